The molecular weight excluding hydrogens is 236 g/mol. The Hall–Kier alpha value is -0.0600. The van der Waals surface area contributed by atoms with E-state index < -0.39 is 0 Å². The number of rotatable bonds is 2. The Morgan fingerprint density at radius 3 is 2.69 bits per heavy atom. The van der Waals surface area contributed by atoms with Gasteiger partial charge in [-0.15, -0.1) is 11.3 Å². The van der Waals surface area contributed by atoms with E-state index in [1.807, 2.05) is 11.8 Å². The highest BCUT2D eigenvalue weighted by molar-refractivity contribution is 7.99. The topological polar surface area (TPSA) is 38.9 Å². The zero-order valence-corrected chi connectivity index (χ0v) is 11.8. The summed E-state index contributed by atoms with van der Waals surface area (Å²) in [6.45, 7) is 6.63. The Morgan fingerprint density at radius 2 is 2.19 bits per heavy atom. The molecule has 2 heterocycles. The predicted molar refractivity (Wildman–Crippen MR) is 73.3 cm³/mol. The van der Waals surface area contributed by atoms with Crippen LogP contribution in [-0.4, -0.2) is 22.5 Å². The molecule has 90 valence electrons. The van der Waals surface area contributed by atoms with E-state index in [1.165, 1.54) is 16.5 Å². The smallest absolute Gasteiger partial charge is 0.0932 e. The van der Waals surface area contributed by atoms with Crippen LogP contribution < -0.4 is 5.73 Å². The molecule has 1 fully saturated rings. The van der Waals surface area contributed by atoms with E-state index in [0.717, 1.165) is 12.2 Å². The number of thiazole rings is 1. The van der Waals surface area contributed by atoms with Crippen LogP contribution in [0.25, 0.3) is 0 Å². The first-order valence-electron chi connectivity index (χ1n) is 5.75. The maximum atomic E-state index is 6.08. The summed E-state index contributed by atoms with van der Waals surface area (Å²) in [7, 11) is 0. The first-order valence-corrected chi connectivity index (χ1v) is 7.78. The van der Waals surface area contributed by atoms with E-state index >= 15 is 0 Å². The van der Waals surface area contributed by atoms with Crippen molar-refractivity contribution in [3.63, 3.8) is 0 Å². The maximum Gasteiger partial charge on any atom is 0.0932 e. The summed E-state index contributed by atoms with van der Waals surface area (Å²) in [5.41, 5.74) is 7.46. The van der Waals surface area contributed by atoms with Crippen molar-refractivity contribution >= 4 is 23.1 Å². The Kier molecular flexibility index (Phi) is 3.62. The molecule has 2 N–H and O–H groups in total. The summed E-state index contributed by atoms with van der Waals surface area (Å²) in [6, 6.07) is 0.368. The molecule has 2 nitrogen and oxygen atoms in total. The Labute approximate surface area is 106 Å². The highest BCUT2D eigenvalue weighted by atomic mass is 32.2. The lowest BCUT2D eigenvalue weighted by atomic mass is 9.93. The fourth-order valence-electron chi connectivity index (χ4n) is 1.80. The molecule has 0 spiro atoms. The second kappa shape index (κ2) is 4.67. The van der Waals surface area contributed by atoms with E-state index in [9.17, 15) is 0 Å². The second-order valence-electron chi connectivity index (χ2n) is 5.54. The molecule has 0 bridgehead atoms. The van der Waals surface area contributed by atoms with Gasteiger partial charge in [0.25, 0.3) is 0 Å². The quantitative estimate of drug-likeness (QED) is 0.884. The van der Waals surface area contributed by atoms with Gasteiger partial charge in [-0.05, 0) is 11.7 Å². The fourth-order valence-corrected chi connectivity index (χ4v) is 4.26. The molecule has 1 aromatic rings. The van der Waals surface area contributed by atoms with E-state index in [2.05, 4.69) is 26.2 Å². The van der Waals surface area contributed by atoms with Crippen molar-refractivity contribution in [1.29, 1.82) is 0 Å². The Bertz CT molecular complexity index is 354. The molecule has 0 aliphatic carbocycles. The van der Waals surface area contributed by atoms with Crippen LogP contribution >= 0.6 is 23.1 Å². The molecule has 1 saturated heterocycles. The number of nitrogens with zero attached hydrogens (tertiary/aromatic N) is 1. The Balaban J connectivity index is 2.03. The summed E-state index contributed by atoms with van der Waals surface area (Å²) in [5.74, 6) is 2.94. The molecule has 0 amide bonds. The van der Waals surface area contributed by atoms with Gasteiger partial charge in [0.1, 0.15) is 0 Å². The van der Waals surface area contributed by atoms with Crippen LogP contribution in [0.15, 0.2) is 5.38 Å². The average Bonchev–Trinajstić information content (AvgIpc) is 2.76. The van der Waals surface area contributed by atoms with Crippen molar-refractivity contribution < 1.29 is 0 Å². The average molecular weight is 256 g/mol. The van der Waals surface area contributed by atoms with Gasteiger partial charge < -0.3 is 5.73 Å². The summed E-state index contributed by atoms with van der Waals surface area (Å²) in [4.78, 5) is 4.73. The van der Waals surface area contributed by atoms with Crippen molar-refractivity contribution in [1.82, 2.24) is 4.98 Å². The van der Waals surface area contributed by atoms with Gasteiger partial charge >= 0.3 is 0 Å². The lowest BCUT2D eigenvalue weighted by Gasteiger charge is -2.15. The lowest BCUT2D eigenvalue weighted by molar-refractivity contribution is 0.510. The molecule has 1 aliphatic heterocycles. The van der Waals surface area contributed by atoms with Crippen molar-refractivity contribution in [3.8, 4) is 0 Å². The molecule has 16 heavy (non-hydrogen) atoms. The zero-order chi connectivity index (χ0) is 11.8. The van der Waals surface area contributed by atoms with E-state index in [1.54, 1.807) is 11.3 Å². The first kappa shape index (κ1) is 12.4. The standard InChI is InChI=1S/C12H20N2S2/c1-12(2,3)10-7-16-11(14-10)4-8-5-15-6-9(8)13/h7-9H,4-6,13H2,1-3H3. The third-order valence-corrected chi connectivity index (χ3v) is 5.16. The van der Waals surface area contributed by atoms with E-state index in [-0.39, 0.29) is 5.41 Å². The van der Waals surface area contributed by atoms with Crippen LogP contribution in [-0.2, 0) is 11.8 Å². The number of aromatic nitrogens is 1. The van der Waals surface area contributed by atoms with Crippen LogP contribution in [0.1, 0.15) is 31.5 Å². The Morgan fingerprint density at radius 1 is 1.44 bits per heavy atom. The van der Waals surface area contributed by atoms with Crippen LogP contribution in [0.5, 0.6) is 0 Å². The van der Waals surface area contributed by atoms with Crippen molar-refractivity contribution in [2.24, 2.45) is 11.7 Å². The van der Waals surface area contributed by atoms with Crippen molar-refractivity contribution in [2.45, 2.75) is 38.6 Å². The monoisotopic (exact) mass is 256 g/mol. The molecule has 4 heteroatoms. The number of nitrogens with two attached hydrogens (primary N) is 1. The fraction of sp³-hybridized carbons (Fsp3) is 0.750. The SMILES string of the molecule is CC(C)(C)c1csc(CC2CSCC2N)n1. The minimum absolute atomic E-state index is 0.168. The van der Waals surface area contributed by atoms with Gasteiger partial charge in [-0.3, -0.25) is 0 Å². The molecular formula is C12H20N2S2. The number of hydrogen-bond acceptors (Lipinski definition) is 4. The molecule has 2 unspecified atom stereocenters. The van der Waals surface area contributed by atoms with Gasteiger partial charge in [-0.1, -0.05) is 20.8 Å². The summed E-state index contributed by atoms with van der Waals surface area (Å²) < 4.78 is 0. The van der Waals surface area contributed by atoms with Crippen LogP contribution in [0, 0.1) is 5.92 Å². The normalized spacial score (nSPS) is 26.2. The molecule has 2 rings (SSSR count). The van der Waals surface area contributed by atoms with Crippen LogP contribution in [0.3, 0.4) is 0 Å². The molecule has 1 aliphatic rings. The molecule has 0 radical (unpaired) electrons. The molecule has 0 saturated carbocycles. The van der Waals surface area contributed by atoms with Gasteiger partial charge in [0.15, 0.2) is 0 Å². The minimum Gasteiger partial charge on any atom is -0.327 e. The third kappa shape index (κ3) is 2.79. The first-order chi connectivity index (χ1) is 7.47. The number of hydrogen-bond donors (Lipinski definition) is 1. The van der Waals surface area contributed by atoms with Gasteiger partial charge in [-0.2, -0.15) is 11.8 Å². The summed E-state index contributed by atoms with van der Waals surface area (Å²) in [6.07, 6.45) is 1.06. The van der Waals surface area contributed by atoms with Crippen LogP contribution in [0.2, 0.25) is 0 Å². The number of thioether (sulfide) groups is 1. The molecule has 0 aromatic carbocycles. The molecule has 2 atom stereocenters. The largest absolute Gasteiger partial charge is 0.327 e. The highest BCUT2D eigenvalue weighted by Crippen LogP contribution is 2.29. The maximum absolute atomic E-state index is 6.08. The third-order valence-electron chi connectivity index (χ3n) is 3.00. The lowest BCUT2D eigenvalue weighted by Crippen LogP contribution is -2.29. The van der Waals surface area contributed by atoms with Crippen molar-refractivity contribution in [3.05, 3.63) is 16.1 Å². The van der Waals surface area contributed by atoms with Gasteiger partial charge in [0.2, 0.25) is 0 Å². The summed E-state index contributed by atoms with van der Waals surface area (Å²) >= 11 is 3.76. The van der Waals surface area contributed by atoms with E-state index in [4.69, 9.17) is 10.7 Å². The van der Waals surface area contributed by atoms with Crippen LogP contribution in [0.4, 0.5) is 0 Å². The van der Waals surface area contributed by atoms with Gasteiger partial charge in [0, 0.05) is 29.0 Å². The predicted octanol–water partition coefficient (Wildman–Crippen LogP) is 2.67. The van der Waals surface area contributed by atoms with Crippen molar-refractivity contribution in [2.75, 3.05) is 11.5 Å². The van der Waals surface area contributed by atoms with Gasteiger partial charge in [0.05, 0.1) is 10.7 Å². The van der Waals surface area contributed by atoms with E-state index in [0.29, 0.717) is 12.0 Å². The minimum atomic E-state index is 0.168. The zero-order valence-electron chi connectivity index (χ0n) is 10.2. The summed E-state index contributed by atoms with van der Waals surface area (Å²) in [5, 5.41) is 3.45. The second-order valence-corrected chi connectivity index (χ2v) is 7.56. The highest BCUT2D eigenvalue weighted by Gasteiger charge is 2.26. The molecule has 1 aromatic heterocycles. The van der Waals surface area contributed by atoms with Gasteiger partial charge in [-0.25, -0.2) is 4.98 Å².